The molecule has 11 rings (SSSR count). The summed E-state index contributed by atoms with van der Waals surface area (Å²) in [5.41, 5.74) is 1.18. The molecule has 0 spiro atoms. The summed E-state index contributed by atoms with van der Waals surface area (Å²) in [6.07, 6.45) is -4.27. The number of fused-ring (bicyclic) bond motifs is 8. The molecule has 428 valence electrons. The maximum Gasteiger partial charge on any atom is 0.416 e. The Morgan fingerprint density at radius 3 is 1.65 bits per heavy atom. The number of alkyl halides is 6. The van der Waals surface area contributed by atoms with E-state index in [4.69, 9.17) is 52.2 Å². The monoisotopic (exact) mass is 1170 g/mol. The van der Waals surface area contributed by atoms with E-state index in [-0.39, 0.29) is 69.8 Å². The Morgan fingerprint density at radius 1 is 0.728 bits per heavy atom. The minimum Gasteiger partial charge on any atom is -0.475 e. The first kappa shape index (κ1) is 57.0. The van der Waals surface area contributed by atoms with Gasteiger partial charge in [-0.1, -0.05) is 47.5 Å². The van der Waals surface area contributed by atoms with Gasteiger partial charge in [0.15, 0.2) is 17.4 Å². The lowest BCUT2D eigenvalue weighted by atomic mass is 9.99. The van der Waals surface area contributed by atoms with Crippen molar-refractivity contribution in [3.63, 3.8) is 0 Å². The zero-order chi connectivity index (χ0) is 57.4. The molecule has 9 heterocycles. The summed E-state index contributed by atoms with van der Waals surface area (Å²) in [6.45, 7) is 6.29. The van der Waals surface area contributed by atoms with Gasteiger partial charge in [-0.2, -0.15) is 26.3 Å². The Balaban J connectivity index is 0.000000182. The second-order valence-corrected chi connectivity index (χ2v) is 21.1. The van der Waals surface area contributed by atoms with E-state index in [0.29, 0.717) is 60.0 Å². The van der Waals surface area contributed by atoms with Crippen LogP contribution >= 0.6 is 23.2 Å². The van der Waals surface area contributed by atoms with E-state index in [9.17, 15) is 41.0 Å². The van der Waals surface area contributed by atoms with Gasteiger partial charge in [-0.15, -0.1) is 0 Å². The number of ether oxygens (including phenoxy) is 4. The van der Waals surface area contributed by atoms with Crippen molar-refractivity contribution in [3.8, 4) is 34.3 Å². The summed E-state index contributed by atoms with van der Waals surface area (Å²) in [5.74, 6) is 0.417. The second-order valence-electron chi connectivity index (χ2n) is 20.2. The summed E-state index contributed by atoms with van der Waals surface area (Å²) < 4.78 is 103. The maximum atomic E-state index is 13.8. The third-order valence-electron chi connectivity index (χ3n) is 14.0. The van der Waals surface area contributed by atoms with Gasteiger partial charge >= 0.3 is 24.4 Å². The molecule has 4 aromatic heterocycles. The average molecular weight is 1170 g/mol. The number of benzene rings is 2. The van der Waals surface area contributed by atoms with E-state index >= 15 is 0 Å². The molecule has 0 saturated carbocycles. The first-order chi connectivity index (χ1) is 38.6. The Hall–Kier alpha value is -7.22. The average Bonchev–Trinajstić information content (AvgIpc) is 3.48. The van der Waals surface area contributed by atoms with Gasteiger partial charge in [-0.25, -0.2) is 29.5 Å². The van der Waals surface area contributed by atoms with Gasteiger partial charge in [-0.3, -0.25) is 9.80 Å². The molecule has 5 aliphatic rings. The van der Waals surface area contributed by atoms with Crippen LogP contribution < -0.4 is 39.7 Å². The molecule has 2 aromatic carbocycles. The maximum absolute atomic E-state index is 13.8. The van der Waals surface area contributed by atoms with E-state index in [1.165, 1.54) is 47.6 Å². The number of hydrogen-bond acceptors (Lipinski definition) is 14. The molecule has 4 amide bonds. The highest BCUT2D eigenvalue weighted by atomic mass is 35.5. The molecule has 81 heavy (non-hydrogen) atoms. The van der Waals surface area contributed by atoms with Crippen LogP contribution in [0.3, 0.4) is 0 Å². The van der Waals surface area contributed by atoms with Crippen molar-refractivity contribution in [2.75, 3.05) is 82.8 Å². The number of pyridine rings is 4. The Morgan fingerprint density at radius 2 is 1.21 bits per heavy atom. The molecule has 3 fully saturated rings. The summed E-state index contributed by atoms with van der Waals surface area (Å²) in [7, 11) is 0. The number of hydrogen-bond donors (Lipinski definition) is 4. The zero-order valence-electron chi connectivity index (χ0n) is 43.5. The number of halogens is 8. The minimum atomic E-state index is -4.53. The first-order valence-electron chi connectivity index (χ1n) is 25.9. The summed E-state index contributed by atoms with van der Waals surface area (Å²) in [6, 6.07) is 17.9. The second kappa shape index (κ2) is 23.3. The standard InChI is InChI=1S/C29H29ClF3N5O4.C26H25ClF3N5O4/c1-28(2)41-16-21(42-28)15-40-24-12-19(8-9-34-24)35-27(39)38-20-7-4-10-37(14-20)23-13-22(30)25(36-26(23)38)17-5-3-6-18(11-17)29(31,32)33;27-20-11-21-24(33-23(20)15-3-1-4-16(9-15)26(28,29)30)35(18-5-2-8-34(21)12-18)25(38)32-17-6-7-31-22(10-17)39-14-19(37)13-36/h3,5-6,8-9,11-13,20-21H,4,7,10,14-16H2,1-2H3,(H,34,35,39);1,3-4,6-7,9-11,18-19,36-37H,2,5,8,12-14H2,(H,31,32,38)/t20-,21-;18-,19+/m00/s1. The van der Waals surface area contributed by atoms with Gasteiger partial charge in [0, 0.05) is 73.2 Å². The van der Waals surface area contributed by atoms with Crippen molar-refractivity contribution in [1.82, 2.24) is 19.9 Å². The molecule has 5 aliphatic heterocycles. The van der Waals surface area contributed by atoms with Crippen molar-refractivity contribution in [3.05, 3.63) is 118 Å². The fourth-order valence-electron chi connectivity index (χ4n) is 10.2. The Bertz CT molecular complexity index is 3310. The number of aliphatic hydroxyl groups is 2. The lowest BCUT2D eigenvalue weighted by Crippen LogP contribution is -2.56. The molecular formula is C55H54Cl2F6N10O8. The SMILES string of the molecule is CC1(C)OC[C@H](COc2cc(NC(=O)N3c4nc(-c5cccc(C(F)(F)F)c5)c(Cl)cc4N4CCC[C@H]3C4)ccn2)O1.O=C(Nc1ccnc(OC[C@H](O)CO)c1)N1c2nc(-c3cccc(C(F)(F)F)c3)c(Cl)cc2N2CCC[C@H]1C2. The van der Waals surface area contributed by atoms with Gasteiger partial charge in [0.2, 0.25) is 11.8 Å². The molecule has 4 bridgehead atoms. The highest BCUT2D eigenvalue weighted by Gasteiger charge is 2.42. The number of carbonyl (C=O) groups is 2. The number of anilines is 6. The minimum absolute atomic E-state index is 0.139. The highest BCUT2D eigenvalue weighted by Crippen LogP contribution is 2.46. The van der Waals surface area contributed by atoms with Crippen molar-refractivity contribution < 1.29 is 65.1 Å². The molecule has 4 atom stereocenters. The van der Waals surface area contributed by atoms with Gasteiger partial charge in [0.25, 0.3) is 0 Å². The summed E-state index contributed by atoms with van der Waals surface area (Å²) >= 11 is 13.1. The normalized spacial score (nSPS) is 19.4. The number of piperidine rings is 2. The number of rotatable bonds is 11. The molecule has 4 N–H and O–H groups in total. The van der Waals surface area contributed by atoms with Crippen molar-refractivity contribution in [2.45, 2.75) is 82.0 Å². The molecule has 26 heteroatoms. The van der Waals surface area contributed by atoms with Crippen LogP contribution in [0, 0.1) is 0 Å². The predicted molar refractivity (Wildman–Crippen MR) is 290 cm³/mol. The van der Waals surface area contributed by atoms with Crippen LogP contribution in [-0.4, -0.2) is 125 Å². The van der Waals surface area contributed by atoms with Gasteiger partial charge in [0.1, 0.15) is 25.4 Å². The van der Waals surface area contributed by atoms with Crippen molar-refractivity contribution in [2.24, 2.45) is 0 Å². The third kappa shape index (κ3) is 13.0. The quantitative estimate of drug-likeness (QED) is 0.0893. The molecule has 0 radical (unpaired) electrons. The Kier molecular flexibility index (Phi) is 16.4. The fraction of sp³-hybridized carbons (Fsp3) is 0.382. The highest BCUT2D eigenvalue weighted by molar-refractivity contribution is 6.34. The number of nitrogens with one attached hydrogen (secondary N) is 2. The van der Waals surface area contributed by atoms with Crippen LogP contribution in [-0.2, 0) is 21.8 Å². The van der Waals surface area contributed by atoms with Crippen LogP contribution in [0.1, 0.15) is 50.7 Å². The van der Waals surface area contributed by atoms with Crippen molar-refractivity contribution in [1.29, 1.82) is 0 Å². The summed E-state index contributed by atoms with van der Waals surface area (Å²) in [4.78, 5) is 52.3. The molecule has 0 aliphatic carbocycles. The number of amides is 4. The topological polar surface area (TPSA) is 200 Å². The number of aliphatic hydroxyl groups excluding tert-OH is 2. The summed E-state index contributed by atoms with van der Waals surface area (Å²) in [5, 5.41) is 24.6. The van der Waals surface area contributed by atoms with E-state index in [2.05, 4.69) is 35.4 Å². The lowest BCUT2D eigenvalue weighted by Gasteiger charge is -2.46. The van der Waals surface area contributed by atoms with Gasteiger partial charge in [0.05, 0.1) is 69.2 Å². The Labute approximate surface area is 470 Å². The largest absolute Gasteiger partial charge is 0.475 e. The predicted octanol–water partition coefficient (Wildman–Crippen LogP) is 10.9. The fourth-order valence-corrected chi connectivity index (χ4v) is 10.8. The van der Waals surface area contributed by atoms with Crippen LogP contribution in [0.25, 0.3) is 22.5 Å². The molecule has 3 saturated heterocycles. The van der Waals surface area contributed by atoms with Crippen LogP contribution in [0.5, 0.6) is 11.8 Å². The number of nitrogens with zero attached hydrogens (tertiary/aromatic N) is 8. The van der Waals surface area contributed by atoms with Crippen LogP contribution in [0.15, 0.2) is 97.3 Å². The molecule has 0 unspecified atom stereocenters. The zero-order valence-corrected chi connectivity index (χ0v) is 45.0. The van der Waals surface area contributed by atoms with Crippen molar-refractivity contribution >= 4 is 69.6 Å². The van der Waals surface area contributed by atoms with Gasteiger partial charge in [-0.05, 0) is 88.1 Å². The van der Waals surface area contributed by atoms with E-state index < -0.39 is 54.0 Å². The van der Waals surface area contributed by atoms with Gasteiger partial charge < -0.3 is 49.6 Å². The number of aromatic nitrogens is 4. The molecular weight excluding hydrogens is 1110 g/mol. The first-order valence-corrected chi connectivity index (χ1v) is 26.6. The van der Waals surface area contributed by atoms with Crippen LogP contribution in [0.4, 0.5) is 70.3 Å². The third-order valence-corrected chi connectivity index (χ3v) is 14.6. The molecule has 18 nitrogen and oxygen atoms in total. The number of carbonyl (C=O) groups excluding carboxylic acids is 2. The van der Waals surface area contributed by atoms with E-state index in [0.717, 1.165) is 63.0 Å². The lowest BCUT2D eigenvalue weighted by molar-refractivity contribution is -0.141. The van der Waals surface area contributed by atoms with E-state index in [1.807, 2.05) is 13.8 Å². The van der Waals surface area contributed by atoms with Crippen LogP contribution in [0.2, 0.25) is 10.0 Å². The van der Waals surface area contributed by atoms with E-state index in [1.54, 1.807) is 35.2 Å². The molecule has 6 aromatic rings. The smallest absolute Gasteiger partial charge is 0.416 e. The number of urea groups is 2.